The monoisotopic (exact) mass is 1870 g/mol. The fraction of sp³-hybridized carbons (Fsp3) is 0.531. The van der Waals surface area contributed by atoms with Crippen molar-refractivity contribution < 1.29 is 302 Å². The summed E-state index contributed by atoms with van der Waals surface area (Å²) in [6.07, 6.45) is 0.823. The first-order chi connectivity index (χ1) is 54.5. The number of aliphatic hydroxyl groups is 1. The number of esters is 1. The van der Waals surface area contributed by atoms with Crippen molar-refractivity contribution in [2.75, 3.05) is 13.2 Å². The molecular formula is C64H128O61. The van der Waals surface area contributed by atoms with E-state index in [-0.39, 0.29) is 12.6 Å². The summed E-state index contributed by atoms with van der Waals surface area (Å²) in [7, 11) is 0. The van der Waals surface area contributed by atoms with E-state index in [0.29, 0.717) is 19.4 Å². The second-order valence-electron chi connectivity index (χ2n) is 16.7. The van der Waals surface area contributed by atoms with Gasteiger partial charge in [-0.15, -0.1) is 0 Å². The first kappa shape index (κ1) is 204. The molecule has 0 aromatic heterocycles. The molecule has 0 aromatic carbocycles. The first-order valence-corrected chi connectivity index (χ1v) is 30.0. The summed E-state index contributed by atoms with van der Waals surface area (Å²) in [5.41, 5.74) is 0. The van der Waals surface area contributed by atoms with Crippen molar-refractivity contribution in [2.45, 2.75) is 221 Å². The predicted molar refractivity (Wildman–Crippen MR) is 419 cm³/mol. The minimum Gasteiger partial charge on any atom is -0.481 e. The molecular weight excluding hydrogens is 1740 g/mol. The SMILES string of the molecule is CC(=O)O.CC(=O)O.CC(=O)O.CC(=O)O.CC(=O)O.CC(=O)O.CC(=O)O.CC(=O)O.CC(=O)O.CC(=O)O.CC(=O)O.CC(=O)O.CC(=O)O.CC(=O)O.CC(=O)O.CC(=O)O.CC(=O)O.CC(=O)O.CC(=O)O.CC(=O)O.CC(=O)O.CC(=O)O.CC(=O)O.CC(=O)O.CC(=O)O.CC(=O)O.CC(=O)O.CC(=O)O.CC(=O)O.CCOC(=O)CCCO. The number of hydrogen-bond donors (Lipinski definition) is 30. The van der Waals surface area contributed by atoms with Crippen molar-refractivity contribution >= 4 is 179 Å². The summed E-state index contributed by atoms with van der Waals surface area (Å²) in [5.74, 6) is -24.4. The van der Waals surface area contributed by atoms with Crippen LogP contribution in [0.4, 0.5) is 0 Å². The Bertz CT molecular complexity index is 1830. The van der Waals surface area contributed by atoms with Crippen molar-refractivity contribution in [3.05, 3.63) is 0 Å². The summed E-state index contributed by atoms with van der Waals surface area (Å²) >= 11 is 0. The molecule has 0 rings (SSSR count). The molecule has 61 heteroatoms. The lowest BCUT2D eigenvalue weighted by atomic mass is 10.3. The highest BCUT2D eigenvalue weighted by atomic mass is 16.5. The van der Waals surface area contributed by atoms with Gasteiger partial charge < -0.3 is 158 Å². The van der Waals surface area contributed by atoms with E-state index in [1.807, 2.05) is 0 Å². The summed E-state index contributed by atoms with van der Waals surface area (Å²) in [6, 6.07) is 0. The van der Waals surface area contributed by atoms with Crippen LogP contribution in [0.25, 0.3) is 0 Å². The molecule has 0 fully saturated rings. The Morgan fingerprint density at radius 1 is 0.144 bits per heavy atom. The number of carboxylic acids is 29. The van der Waals surface area contributed by atoms with Gasteiger partial charge in [-0.2, -0.15) is 0 Å². The highest BCUT2D eigenvalue weighted by Gasteiger charge is 1.98. The molecule has 0 saturated carbocycles. The molecule has 0 unspecified atom stereocenters. The molecule has 61 nitrogen and oxygen atoms in total. The summed E-state index contributed by atoms with van der Waals surface area (Å²) in [5, 5.41) is 223. The number of carboxylic acid groups (broad SMARTS) is 29. The van der Waals surface area contributed by atoms with E-state index in [2.05, 4.69) is 4.74 Å². The van der Waals surface area contributed by atoms with Crippen molar-refractivity contribution in [3.8, 4) is 0 Å². The zero-order valence-corrected chi connectivity index (χ0v) is 73.9. The second-order valence-corrected chi connectivity index (χ2v) is 16.7. The standard InChI is InChI=1S/C6H12O3.29C2H4O2/c1-2-9-6(8)4-3-5-7;29*1-2(3)4/h7H,2-5H2,1H3;29*1H3,(H,3,4). The largest absolute Gasteiger partial charge is 0.481 e. The van der Waals surface area contributed by atoms with Crippen LogP contribution in [0.5, 0.6) is 0 Å². The van der Waals surface area contributed by atoms with E-state index in [9.17, 15) is 4.79 Å². The molecule has 0 saturated heterocycles. The highest BCUT2D eigenvalue weighted by molar-refractivity contribution is 5.70. The molecule has 0 aromatic rings. The van der Waals surface area contributed by atoms with Crippen LogP contribution < -0.4 is 0 Å². The average Bonchev–Trinajstić information content (AvgIpc) is 1.08. The maximum absolute atomic E-state index is 10.5. The number of aliphatic hydroxyl groups excluding tert-OH is 1. The van der Waals surface area contributed by atoms with Gasteiger partial charge in [-0.1, -0.05) is 0 Å². The van der Waals surface area contributed by atoms with Crippen LogP contribution in [-0.4, -0.2) is 345 Å². The third-order valence-corrected chi connectivity index (χ3v) is 0.844. The molecule has 0 amide bonds. The van der Waals surface area contributed by atoms with Gasteiger partial charge in [0.05, 0.1) is 6.61 Å². The topological polar surface area (TPSA) is 1130 Å². The Morgan fingerprint density at radius 2 is 0.192 bits per heavy atom. The lowest BCUT2D eigenvalue weighted by Gasteiger charge is -1.97. The lowest BCUT2D eigenvalue weighted by Crippen LogP contribution is -2.03. The van der Waals surface area contributed by atoms with E-state index < -0.39 is 173 Å². The zero-order valence-electron chi connectivity index (χ0n) is 73.9. The van der Waals surface area contributed by atoms with Crippen molar-refractivity contribution in [1.82, 2.24) is 0 Å². The number of hydrogen-bond acceptors (Lipinski definition) is 32. The fourth-order valence-corrected chi connectivity index (χ4v) is 0.457. The molecule has 0 aliphatic rings. The second kappa shape index (κ2) is 198. The van der Waals surface area contributed by atoms with E-state index in [1.165, 1.54) is 0 Å². The minimum atomic E-state index is -0.833. The van der Waals surface area contributed by atoms with E-state index in [4.69, 9.17) is 292 Å². The van der Waals surface area contributed by atoms with Gasteiger partial charge in [-0.25, -0.2) is 0 Å². The highest BCUT2D eigenvalue weighted by Crippen LogP contribution is 1.90. The number of ether oxygens (including phenoxy) is 1. The molecule has 0 bridgehead atoms. The van der Waals surface area contributed by atoms with Gasteiger partial charge in [0, 0.05) is 214 Å². The van der Waals surface area contributed by atoms with Crippen LogP contribution in [-0.2, 0) is 149 Å². The van der Waals surface area contributed by atoms with Crippen LogP contribution in [0.1, 0.15) is 221 Å². The molecule has 750 valence electrons. The van der Waals surface area contributed by atoms with Crippen molar-refractivity contribution in [2.24, 2.45) is 0 Å². The van der Waals surface area contributed by atoms with Crippen LogP contribution in [0.3, 0.4) is 0 Å². The number of carbonyl (C=O) groups is 30. The molecule has 0 heterocycles. The van der Waals surface area contributed by atoms with Gasteiger partial charge in [-0.05, 0) is 13.3 Å². The normalized spacial score (nSPS) is 6.46. The third kappa shape index (κ3) is 15200. The Hall–Kier alpha value is -15.9. The van der Waals surface area contributed by atoms with Crippen molar-refractivity contribution in [1.29, 1.82) is 0 Å². The van der Waals surface area contributed by atoms with Gasteiger partial charge in [0.1, 0.15) is 0 Å². The quantitative estimate of drug-likeness (QED) is 0.180. The number of rotatable bonds is 4. The molecule has 30 N–H and O–H groups in total. The van der Waals surface area contributed by atoms with E-state index in [0.717, 1.165) is 201 Å². The Labute approximate surface area is 713 Å². The molecule has 125 heavy (non-hydrogen) atoms. The van der Waals surface area contributed by atoms with Crippen LogP contribution in [0, 0.1) is 0 Å². The van der Waals surface area contributed by atoms with E-state index >= 15 is 0 Å². The number of carbonyl (C=O) groups excluding carboxylic acids is 1. The zero-order chi connectivity index (χ0) is 111. The fourth-order valence-electron chi connectivity index (χ4n) is 0.457. The molecule has 0 spiro atoms. The molecule has 0 radical (unpaired) electrons. The maximum atomic E-state index is 10.5. The van der Waals surface area contributed by atoms with Crippen LogP contribution in [0.15, 0.2) is 0 Å². The number of aliphatic carboxylic acids is 29. The average molecular weight is 1870 g/mol. The Morgan fingerprint density at radius 3 is 0.224 bits per heavy atom. The van der Waals surface area contributed by atoms with Crippen molar-refractivity contribution in [3.63, 3.8) is 0 Å². The van der Waals surface area contributed by atoms with E-state index in [1.54, 1.807) is 6.92 Å². The Kier molecular flexibility index (Phi) is 323. The summed E-state index contributed by atoms with van der Waals surface area (Å²) in [4.78, 5) is 271. The van der Waals surface area contributed by atoms with Gasteiger partial charge in [0.2, 0.25) is 0 Å². The first-order valence-electron chi connectivity index (χ1n) is 30.0. The smallest absolute Gasteiger partial charge is 0.305 e. The molecule has 0 aliphatic carbocycles. The van der Waals surface area contributed by atoms with Gasteiger partial charge in [-0.3, -0.25) is 144 Å². The van der Waals surface area contributed by atoms with Crippen LogP contribution in [0.2, 0.25) is 0 Å². The third-order valence-electron chi connectivity index (χ3n) is 0.844. The minimum absolute atomic E-state index is 0.0544. The Balaban J connectivity index is -0.0000000267. The van der Waals surface area contributed by atoms with Crippen LogP contribution >= 0.6 is 0 Å². The summed E-state index contributed by atoms with van der Waals surface area (Å²) in [6.45, 7) is 33.7. The van der Waals surface area contributed by atoms with Gasteiger partial charge >= 0.3 is 5.97 Å². The van der Waals surface area contributed by atoms with Gasteiger partial charge in [0.15, 0.2) is 0 Å². The maximum Gasteiger partial charge on any atom is 0.305 e. The summed E-state index contributed by atoms with van der Waals surface area (Å²) < 4.78 is 4.59. The van der Waals surface area contributed by atoms with Gasteiger partial charge in [0.25, 0.3) is 173 Å². The molecule has 0 aliphatic heterocycles. The molecule has 0 atom stereocenters. The predicted octanol–water partition coefficient (Wildman–Crippen LogP) is 2.96. The lowest BCUT2D eigenvalue weighted by molar-refractivity contribution is -0.144.